The first-order valence-electron chi connectivity index (χ1n) is 12.7. The molecule has 0 saturated carbocycles. The predicted molar refractivity (Wildman–Crippen MR) is 143 cm³/mol. The molecule has 0 radical (unpaired) electrons. The van der Waals surface area contributed by atoms with Crippen LogP contribution in [0.1, 0.15) is 59.7 Å². The summed E-state index contributed by atoms with van der Waals surface area (Å²) < 4.78 is 0. The van der Waals surface area contributed by atoms with Gasteiger partial charge in [0.05, 0.1) is 0 Å². The zero-order valence-electron chi connectivity index (χ0n) is 20.6. The maximum Gasteiger partial charge on any atom is 0.207 e. The number of hydrogen-bond donors (Lipinski definition) is 3. The van der Waals surface area contributed by atoms with E-state index in [1.807, 2.05) is 12.1 Å². The van der Waals surface area contributed by atoms with Crippen LogP contribution in [0.4, 0.5) is 0 Å². The van der Waals surface area contributed by atoms with E-state index in [9.17, 15) is 4.79 Å². The quantitative estimate of drug-likeness (QED) is 0.215. The van der Waals surface area contributed by atoms with Gasteiger partial charge in [-0.3, -0.25) is 9.78 Å². The molecular weight excluding hydrogens is 432 g/mol. The first kappa shape index (κ1) is 24.7. The average Bonchev–Trinajstić information content (AvgIpc) is 3.27. The highest BCUT2D eigenvalue weighted by atomic mass is 16.1. The minimum absolute atomic E-state index is 0.494. The van der Waals surface area contributed by atoms with Gasteiger partial charge >= 0.3 is 0 Å². The second-order valence-corrected chi connectivity index (χ2v) is 9.27. The molecule has 2 aromatic heterocycles. The van der Waals surface area contributed by atoms with E-state index >= 15 is 0 Å². The monoisotopic (exact) mass is 468 g/mol. The summed E-state index contributed by atoms with van der Waals surface area (Å²) in [5.41, 5.74) is 8.10. The van der Waals surface area contributed by atoms with Crippen molar-refractivity contribution in [1.29, 1.82) is 0 Å². The molecule has 4 aromatic rings. The zero-order valence-corrected chi connectivity index (χ0v) is 20.6. The van der Waals surface area contributed by atoms with Gasteiger partial charge in [-0.2, -0.15) is 0 Å². The Bertz CT molecular complexity index is 1190. The number of benzene rings is 2. The molecule has 5 rings (SSSR count). The van der Waals surface area contributed by atoms with Crippen LogP contribution in [-0.4, -0.2) is 22.9 Å². The molecule has 1 aliphatic carbocycles. The maximum atomic E-state index is 9.85. The van der Waals surface area contributed by atoms with Gasteiger partial charge in [0.15, 0.2) is 0 Å². The number of carbonyl (C=O) groups is 1. The van der Waals surface area contributed by atoms with Crippen molar-refractivity contribution in [2.24, 2.45) is 0 Å². The van der Waals surface area contributed by atoms with Gasteiger partial charge in [0.2, 0.25) is 6.41 Å². The number of carbonyl (C=O) groups excluding carboxylic acids is 1. The molecule has 0 spiro atoms. The Labute approximate surface area is 208 Å². The van der Waals surface area contributed by atoms with Crippen LogP contribution in [0.3, 0.4) is 0 Å². The lowest BCUT2D eigenvalue weighted by molar-refractivity contribution is -0.109. The Kier molecular flexibility index (Phi) is 9.07. The lowest BCUT2D eigenvalue weighted by Crippen LogP contribution is -2.26. The third-order valence-corrected chi connectivity index (χ3v) is 6.60. The van der Waals surface area contributed by atoms with Crippen molar-refractivity contribution >= 4 is 17.3 Å². The fourth-order valence-corrected chi connectivity index (χ4v) is 4.82. The van der Waals surface area contributed by atoms with E-state index in [2.05, 4.69) is 76.1 Å². The molecule has 0 saturated heterocycles. The Morgan fingerprint density at radius 3 is 2.71 bits per heavy atom. The minimum atomic E-state index is 0.494. The topological polar surface area (TPSA) is 69.8 Å². The molecule has 5 nitrogen and oxygen atoms in total. The van der Waals surface area contributed by atoms with E-state index in [0.29, 0.717) is 19.0 Å². The first-order chi connectivity index (χ1) is 17.2. The fourth-order valence-electron chi connectivity index (χ4n) is 4.82. The van der Waals surface area contributed by atoms with E-state index in [4.69, 9.17) is 0 Å². The van der Waals surface area contributed by atoms with Gasteiger partial charge in [-0.25, -0.2) is 0 Å². The second kappa shape index (κ2) is 12.9. The summed E-state index contributed by atoms with van der Waals surface area (Å²) in [5.74, 6) is 0. The summed E-state index contributed by atoms with van der Waals surface area (Å²) in [6.07, 6.45) is 11.5. The summed E-state index contributed by atoms with van der Waals surface area (Å²) in [7, 11) is 0. The van der Waals surface area contributed by atoms with Crippen molar-refractivity contribution in [2.75, 3.05) is 6.54 Å². The number of aromatic amines is 1. The third kappa shape index (κ3) is 7.03. The van der Waals surface area contributed by atoms with E-state index < -0.39 is 0 Å². The smallest absolute Gasteiger partial charge is 0.207 e. The number of amides is 1. The summed E-state index contributed by atoms with van der Waals surface area (Å²) in [6.45, 7) is 3.84. The Morgan fingerprint density at radius 2 is 1.91 bits per heavy atom. The Balaban J connectivity index is 0.000000243. The molecule has 0 fully saturated rings. The molecule has 1 atom stereocenters. The van der Waals surface area contributed by atoms with Crippen LogP contribution in [0.5, 0.6) is 0 Å². The molecule has 182 valence electrons. The number of fused-ring (bicyclic) bond motifs is 3. The van der Waals surface area contributed by atoms with Crippen LogP contribution in [0.25, 0.3) is 10.9 Å². The predicted octanol–water partition coefficient (Wildman–Crippen LogP) is 5.79. The SMILES string of the molecule is Cc1ccc2[nH]c3c(c2c1)CCCC3NCCCCc1ccccc1.O=CNCc1cccnc1. The van der Waals surface area contributed by atoms with Gasteiger partial charge in [0.1, 0.15) is 0 Å². The second-order valence-electron chi connectivity index (χ2n) is 9.27. The molecule has 1 aliphatic rings. The highest BCUT2D eigenvalue weighted by Crippen LogP contribution is 2.35. The van der Waals surface area contributed by atoms with Crippen LogP contribution in [-0.2, 0) is 24.2 Å². The molecule has 2 aromatic carbocycles. The van der Waals surface area contributed by atoms with Gasteiger partial charge < -0.3 is 15.6 Å². The van der Waals surface area contributed by atoms with Crippen LogP contribution in [0.15, 0.2) is 73.1 Å². The fraction of sp³-hybridized carbons (Fsp3) is 0.333. The van der Waals surface area contributed by atoms with Gasteiger partial charge in [-0.15, -0.1) is 0 Å². The Morgan fingerprint density at radius 1 is 1.06 bits per heavy atom. The van der Waals surface area contributed by atoms with Crippen molar-refractivity contribution in [3.05, 3.63) is 101 Å². The van der Waals surface area contributed by atoms with Crippen molar-refractivity contribution in [1.82, 2.24) is 20.6 Å². The van der Waals surface area contributed by atoms with Crippen LogP contribution >= 0.6 is 0 Å². The summed E-state index contributed by atoms with van der Waals surface area (Å²) in [4.78, 5) is 17.4. The lowest BCUT2D eigenvalue weighted by atomic mass is 9.91. The molecule has 3 N–H and O–H groups in total. The molecule has 0 bridgehead atoms. The molecule has 2 heterocycles. The molecule has 1 unspecified atom stereocenters. The third-order valence-electron chi connectivity index (χ3n) is 6.60. The van der Waals surface area contributed by atoms with Gasteiger partial charge in [-0.1, -0.05) is 48.0 Å². The largest absolute Gasteiger partial charge is 0.357 e. The average molecular weight is 469 g/mol. The summed E-state index contributed by atoms with van der Waals surface area (Å²) in [6, 6.07) is 21.8. The number of H-pyrrole nitrogens is 1. The number of pyridine rings is 1. The van der Waals surface area contributed by atoms with Crippen LogP contribution in [0.2, 0.25) is 0 Å². The van der Waals surface area contributed by atoms with Crippen LogP contribution < -0.4 is 10.6 Å². The highest BCUT2D eigenvalue weighted by molar-refractivity contribution is 5.85. The number of hydrogen-bond acceptors (Lipinski definition) is 3. The van der Waals surface area contributed by atoms with Crippen molar-refractivity contribution < 1.29 is 4.79 Å². The summed E-state index contributed by atoms with van der Waals surface area (Å²) >= 11 is 0. The van der Waals surface area contributed by atoms with E-state index in [0.717, 1.165) is 12.1 Å². The lowest BCUT2D eigenvalue weighted by Gasteiger charge is -2.24. The number of nitrogens with one attached hydrogen (secondary N) is 3. The van der Waals surface area contributed by atoms with Crippen molar-refractivity contribution in [3.63, 3.8) is 0 Å². The maximum absolute atomic E-state index is 9.85. The van der Waals surface area contributed by atoms with Crippen molar-refractivity contribution in [3.8, 4) is 0 Å². The van der Waals surface area contributed by atoms with E-state index in [1.165, 1.54) is 66.2 Å². The number of aromatic nitrogens is 2. The minimum Gasteiger partial charge on any atom is -0.357 e. The van der Waals surface area contributed by atoms with Gasteiger partial charge in [0, 0.05) is 41.6 Å². The molecule has 1 amide bonds. The molecular formula is C30H36N4O. The number of nitrogens with zero attached hydrogens (tertiary/aromatic N) is 1. The van der Waals surface area contributed by atoms with Gasteiger partial charge in [-0.05, 0) is 86.9 Å². The molecule has 5 heteroatoms. The standard InChI is InChI=1S/C23H28N2.C7H8N2O/c1-17-13-14-21-20(16-17)19-11-7-12-22(23(19)25-21)24-15-6-5-10-18-8-3-2-4-9-18;10-6-9-5-7-2-1-3-8-4-7/h2-4,8-9,13-14,16,22,24-25H,5-7,10-12,15H2,1H3;1-4,6H,5H2,(H,9,10). The van der Waals surface area contributed by atoms with E-state index in [1.54, 1.807) is 18.0 Å². The molecule has 35 heavy (non-hydrogen) atoms. The first-order valence-corrected chi connectivity index (χ1v) is 12.7. The summed E-state index contributed by atoms with van der Waals surface area (Å²) in [5, 5.41) is 7.79. The number of aryl methyl sites for hydroxylation is 3. The highest BCUT2D eigenvalue weighted by Gasteiger charge is 2.23. The number of unbranched alkanes of at least 4 members (excludes halogenated alkanes) is 1. The van der Waals surface area contributed by atoms with E-state index in [-0.39, 0.29) is 0 Å². The normalized spacial score (nSPS) is 14.6. The number of rotatable bonds is 9. The van der Waals surface area contributed by atoms with Gasteiger partial charge in [0.25, 0.3) is 0 Å². The van der Waals surface area contributed by atoms with Crippen molar-refractivity contribution in [2.45, 2.75) is 58.0 Å². The van der Waals surface area contributed by atoms with Crippen LogP contribution in [0, 0.1) is 6.92 Å². The zero-order chi connectivity index (χ0) is 24.3. The Hall–Kier alpha value is -3.44. The molecule has 0 aliphatic heterocycles.